The van der Waals surface area contributed by atoms with Crippen LogP contribution >= 0.6 is 11.6 Å². The van der Waals surface area contributed by atoms with Gasteiger partial charge in [-0.1, -0.05) is 64.7 Å². The first kappa shape index (κ1) is 20.2. The van der Waals surface area contributed by atoms with Gasteiger partial charge in [-0.15, -0.1) is 11.6 Å². The van der Waals surface area contributed by atoms with Crippen LogP contribution in [0.25, 0.3) is 0 Å². The molecule has 0 radical (unpaired) electrons. The minimum atomic E-state index is 0.299. The average Bonchev–Trinajstić information content (AvgIpc) is 2.42. The van der Waals surface area contributed by atoms with E-state index >= 15 is 0 Å². The predicted molar refractivity (Wildman–Crippen MR) is 93.9 cm³/mol. The minimum absolute atomic E-state index is 0.299. The fourth-order valence-corrected chi connectivity index (χ4v) is 2.80. The van der Waals surface area contributed by atoms with E-state index in [9.17, 15) is 0 Å². The molecular formula is C18H38ClN. The summed E-state index contributed by atoms with van der Waals surface area (Å²) in [7, 11) is 0. The highest BCUT2D eigenvalue weighted by Gasteiger charge is 2.15. The van der Waals surface area contributed by atoms with Gasteiger partial charge in [0.15, 0.2) is 0 Å². The monoisotopic (exact) mass is 303 g/mol. The normalized spacial score (nSPS) is 12.0. The second kappa shape index (κ2) is 14.2. The molecule has 122 valence electrons. The summed E-state index contributed by atoms with van der Waals surface area (Å²) in [4.78, 5) is 0. The van der Waals surface area contributed by atoms with E-state index in [0.717, 1.165) is 18.8 Å². The van der Waals surface area contributed by atoms with Gasteiger partial charge in [0.2, 0.25) is 0 Å². The molecule has 0 spiro atoms. The highest BCUT2D eigenvalue weighted by Crippen LogP contribution is 2.16. The van der Waals surface area contributed by atoms with Crippen molar-refractivity contribution in [1.29, 1.82) is 0 Å². The Kier molecular flexibility index (Phi) is 14.4. The summed E-state index contributed by atoms with van der Waals surface area (Å²) >= 11 is 5.70. The van der Waals surface area contributed by atoms with Crippen molar-refractivity contribution in [1.82, 2.24) is 5.32 Å². The standard InChI is InChI=1S/C18H38ClN/c1-4-5-6-7-8-9-10-11-12-15-18(2,3)20-17-14-13-16-19/h20H,4-17H2,1-3H3. The fraction of sp³-hybridized carbons (Fsp3) is 1.00. The van der Waals surface area contributed by atoms with E-state index in [1.807, 2.05) is 0 Å². The van der Waals surface area contributed by atoms with Crippen LogP contribution in [0.5, 0.6) is 0 Å². The number of halogens is 1. The van der Waals surface area contributed by atoms with Gasteiger partial charge in [0.1, 0.15) is 0 Å². The largest absolute Gasteiger partial charge is 0.312 e. The molecule has 0 saturated heterocycles. The summed E-state index contributed by atoms with van der Waals surface area (Å²) in [5.74, 6) is 0.792. The lowest BCUT2D eigenvalue weighted by Gasteiger charge is -2.26. The molecule has 0 aromatic carbocycles. The van der Waals surface area contributed by atoms with Crippen LogP contribution in [-0.4, -0.2) is 18.0 Å². The zero-order valence-electron chi connectivity index (χ0n) is 14.3. The van der Waals surface area contributed by atoms with Gasteiger partial charge in [-0.3, -0.25) is 0 Å². The van der Waals surface area contributed by atoms with Crippen LogP contribution < -0.4 is 5.32 Å². The van der Waals surface area contributed by atoms with E-state index in [-0.39, 0.29) is 0 Å². The molecule has 0 aliphatic rings. The van der Waals surface area contributed by atoms with Crippen molar-refractivity contribution in [2.24, 2.45) is 0 Å². The van der Waals surface area contributed by atoms with E-state index in [2.05, 4.69) is 26.1 Å². The van der Waals surface area contributed by atoms with Crippen molar-refractivity contribution in [2.75, 3.05) is 12.4 Å². The quantitative estimate of drug-likeness (QED) is 0.277. The second-order valence-corrected chi connectivity index (χ2v) is 7.16. The maximum absolute atomic E-state index is 5.70. The zero-order valence-corrected chi connectivity index (χ0v) is 15.0. The number of nitrogens with one attached hydrogen (secondary N) is 1. The Morgan fingerprint density at radius 3 is 1.85 bits per heavy atom. The molecule has 0 fully saturated rings. The lowest BCUT2D eigenvalue weighted by molar-refractivity contribution is 0.345. The molecule has 2 heteroatoms. The van der Waals surface area contributed by atoms with Gasteiger partial charge in [-0.25, -0.2) is 0 Å². The maximum Gasteiger partial charge on any atom is 0.0223 e. The summed E-state index contributed by atoms with van der Waals surface area (Å²) in [6, 6.07) is 0. The van der Waals surface area contributed by atoms with Gasteiger partial charge in [0.05, 0.1) is 0 Å². The highest BCUT2D eigenvalue weighted by atomic mass is 35.5. The second-order valence-electron chi connectivity index (χ2n) is 6.79. The summed E-state index contributed by atoms with van der Waals surface area (Å²) < 4.78 is 0. The van der Waals surface area contributed by atoms with E-state index in [1.54, 1.807) is 0 Å². The third-order valence-electron chi connectivity index (χ3n) is 4.07. The van der Waals surface area contributed by atoms with Crippen molar-refractivity contribution in [3.8, 4) is 0 Å². The number of hydrogen-bond acceptors (Lipinski definition) is 1. The van der Waals surface area contributed by atoms with E-state index in [4.69, 9.17) is 11.6 Å². The van der Waals surface area contributed by atoms with Gasteiger partial charge >= 0.3 is 0 Å². The van der Waals surface area contributed by atoms with Crippen molar-refractivity contribution >= 4 is 11.6 Å². The summed E-state index contributed by atoms with van der Waals surface area (Å²) in [5.41, 5.74) is 0.299. The van der Waals surface area contributed by atoms with Crippen molar-refractivity contribution in [3.63, 3.8) is 0 Å². The highest BCUT2D eigenvalue weighted by molar-refractivity contribution is 6.17. The molecule has 0 aliphatic carbocycles. The van der Waals surface area contributed by atoms with E-state index in [1.165, 1.54) is 70.6 Å². The first-order valence-electron chi connectivity index (χ1n) is 8.93. The molecule has 20 heavy (non-hydrogen) atoms. The lowest BCUT2D eigenvalue weighted by Crippen LogP contribution is -2.39. The number of alkyl halides is 1. The third-order valence-corrected chi connectivity index (χ3v) is 4.34. The molecule has 0 unspecified atom stereocenters. The fourth-order valence-electron chi connectivity index (χ4n) is 2.61. The Morgan fingerprint density at radius 1 is 0.750 bits per heavy atom. The van der Waals surface area contributed by atoms with Crippen molar-refractivity contribution in [3.05, 3.63) is 0 Å². The zero-order chi connectivity index (χ0) is 15.1. The van der Waals surface area contributed by atoms with Crippen molar-refractivity contribution < 1.29 is 0 Å². The maximum atomic E-state index is 5.70. The third kappa shape index (κ3) is 14.7. The molecule has 0 amide bonds. The molecule has 0 aromatic heterocycles. The first-order chi connectivity index (χ1) is 9.62. The summed E-state index contributed by atoms with van der Waals surface area (Å²) in [6.07, 6.45) is 16.4. The Balaban J connectivity index is 3.30. The van der Waals surface area contributed by atoms with Gasteiger partial charge in [0.25, 0.3) is 0 Å². The number of rotatable bonds is 15. The van der Waals surface area contributed by atoms with Gasteiger partial charge in [0, 0.05) is 11.4 Å². The van der Waals surface area contributed by atoms with Gasteiger partial charge < -0.3 is 5.32 Å². The summed E-state index contributed by atoms with van der Waals surface area (Å²) in [5, 5.41) is 3.66. The lowest BCUT2D eigenvalue weighted by atomic mass is 9.95. The molecule has 0 rings (SSSR count). The molecule has 1 N–H and O–H groups in total. The molecule has 0 atom stereocenters. The average molecular weight is 304 g/mol. The Labute approximate surface area is 133 Å². The van der Waals surface area contributed by atoms with Crippen LogP contribution in [0.4, 0.5) is 0 Å². The summed E-state index contributed by atoms with van der Waals surface area (Å²) in [6.45, 7) is 8.06. The van der Waals surface area contributed by atoms with Crippen LogP contribution in [0.15, 0.2) is 0 Å². The Hall–Kier alpha value is 0.250. The minimum Gasteiger partial charge on any atom is -0.312 e. The smallest absolute Gasteiger partial charge is 0.0223 e. The van der Waals surface area contributed by atoms with Crippen LogP contribution in [0.2, 0.25) is 0 Å². The topological polar surface area (TPSA) is 12.0 Å². The SMILES string of the molecule is CCCCCCCCCCCC(C)(C)NCCCCCl. The van der Waals surface area contributed by atoms with Crippen LogP contribution in [0.1, 0.15) is 97.8 Å². The number of hydrogen-bond donors (Lipinski definition) is 1. The Bertz CT molecular complexity index is 192. The van der Waals surface area contributed by atoms with Crippen LogP contribution in [0, 0.1) is 0 Å². The Morgan fingerprint density at radius 2 is 1.30 bits per heavy atom. The molecule has 0 aliphatic heterocycles. The van der Waals surface area contributed by atoms with E-state index in [0.29, 0.717) is 5.54 Å². The molecule has 0 saturated carbocycles. The van der Waals surface area contributed by atoms with Crippen LogP contribution in [0.3, 0.4) is 0 Å². The molecule has 0 aromatic rings. The molecule has 0 heterocycles. The molecule has 1 nitrogen and oxygen atoms in total. The van der Waals surface area contributed by atoms with Crippen molar-refractivity contribution in [2.45, 2.75) is 103 Å². The predicted octanol–water partition coefficient (Wildman–Crippen LogP) is 6.29. The molecule has 0 bridgehead atoms. The van der Waals surface area contributed by atoms with Crippen LogP contribution in [-0.2, 0) is 0 Å². The van der Waals surface area contributed by atoms with E-state index < -0.39 is 0 Å². The van der Waals surface area contributed by atoms with Gasteiger partial charge in [-0.2, -0.15) is 0 Å². The van der Waals surface area contributed by atoms with Gasteiger partial charge in [-0.05, 0) is 39.7 Å². The number of unbranched alkanes of at least 4 members (excludes halogenated alkanes) is 9. The molecular weight excluding hydrogens is 266 g/mol. The first-order valence-corrected chi connectivity index (χ1v) is 9.47.